The Hall–Kier alpha value is -1.35. The molecule has 2 heterocycles. The lowest BCUT2D eigenvalue weighted by atomic mass is 10.2. The summed E-state index contributed by atoms with van der Waals surface area (Å²) >= 11 is 0. The molecular weight excluding hydrogens is 282 g/mol. The van der Waals surface area contributed by atoms with Crippen LogP contribution in [0.15, 0.2) is 24.4 Å². The predicted molar refractivity (Wildman–Crippen MR) is 102 cm³/mol. The summed E-state index contributed by atoms with van der Waals surface area (Å²) in [7, 11) is 0. The van der Waals surface area contributed by atoms with Crippen molar-refractivity contribution in [1.29, 1.82) is 0 Å². The molecule has 0 unspecified atom stereocenters. The second kappa shape index (κ2) is 11.2. The molecule has 0 bridgehead atoms. The summed E-state index contributed by atoms with van der Waals surface area (Å²) in [5.74, 6) is 0. The Balaban J connectivity index is 0.000000477. The molecule has 130 valence electrons. The number of rotatable bonds is 4. The van der Waals surface area contributed by atoms with Gasteiger partial charge >= 0.3 is 0 Å². The van der Waals surface area contributed by atoms with E-state index in [4.69, 9.17) is 0 Å². The Kier molecular flexibility index (Phi) is 9.61. The predicted octanol–water partition coefficient (Wildman–Crippen LogP) is 5.27. The minimum absolute atomic E-state index is 1.03. The molecule has 0 saturated carbocycles. The van der Waals surface area contributed by atoms with E-state index in [-0.39, 0.29) is 0 Å². The van der Waals surface area contributed by atoms with E-state index in [1.54, 1.807) is 0 Å². The number of aryl methyl sites for hydroxylation is 2. The first-order valence-corrected chi connectivity index (χ1v) is 9.39. The molecule has 3 rings (SSSR count). The van der Waals surface area contributed by atoms with Gasteiger partial charge in [0.25, 0.3) is 0 Å². The Morgan fingerprint density at radius 2 is 1.70 bits per heavy atom. The lowest BCUT2D eigenvalue weighted by molar-refractivity contribution is 0.323. The quantitative estimate of drug-likeness (QED) is 0.765. The Labute approximate surface area is 142 Å². The van der Waals surface area contributed by atoms with Crippen molar-refractivity contribution in [2.45, 2.75) is 66.8 Å². The average molecular weight is 318 g/mol. The molecular formula is C20H35N3. The molecule has 0 amide bonds. The lowest BCUT2D eigenvalue weighted by Crippen LogP contribution is -2.21. The molecule has 3 heteroatoms. The first-order chi connectivity index (χ1) is 11.2. The second-order valence-corrected chi connectivity index (χ2v) is 6.04. The van der Waals surface area contributed by atoms with E-state index in [9.17, 15) is 0 Å². The molecule has 1 fully saturated rings. The van der Waals surface area contributed by atoms with Gasteiger partial charge in [0, 0.05) is 11.9 Å². The normalized spacial score (nSPS) is 14.1. The van der Waals surface area contributed by atoms with Crippen LogP contribution in [-0.4, -0.2) is 34.3 Å². The molecule has 0 N–H and O–H groups in total. The number of benzene rings is 1. The molecule has 0 aliphatic carbocycles. The molecule has 1 aromatic heterocycles. The zero-order valence-corrected chi connectivity index (χ0v) is 15.8. The minimum atomic E-state index is 1.03. The maximum absolute atomic E-state index is 4.50. The SMILES string of the molecule is CC.CCC.Cc1ccc2cnn(CCCN3CCCC3)c2c1. The van der Waals surface area contributed by atoms with Crippen molar-refractivity contribution in [3.8, 4) is 0 Å². The number of hydrogen-bond acceptors (Lipinski definition) is 2. The van der Waals surface area contributed by atoms with Gasteiger partial charge in [-0.2, -0.15) is 5.10 Å². The van der Waals surface area contributed by atoms with Crippen molar-refractivity contribution in [1.82, 2.24) is 14.7 Å². The van der Waals surface area contributed by atoms with Crippen molar-refractivity contribution in [2.75, 3.05) is 19.6 Å². The van der Waals surface area contributed by atoms with E-state index in [0.29, 0.717) is 0 Å². The highest BCUT2D eigenvalue weighted by molar-refractivity contribution is 5.79. The number of nitrogens with zero attached hydrogens (tertiary/aromatic N) is 3. The molecule has 0 atom stereocenters. The summed E-state index contributed by atoms with van der Waals surface area (Å²) in [4.78, 5) is 2.57. The Morgan fingerprint density at radius 3 is 2.35 bits per heavy atom. The molecule has 1 saturated heterocycles. The average Bonchev–Trinajstić information content (AvgIpc) is 3.20. The fourth-order valence-electron chi connectivity index (χ4n) is 2.81. The zero-order chi connectivity index (χ0) is 17.1. The smallest absolute Gasteiger partial charge is 0.0685 e. The van der Waals surface area contributed by atoms with Crippen LogP contribution in [0, 0.1) is 6.92 Å². The molecule has 23 heavy (non-hydrogen) atoms. The van der Waals surface area contributed by atoms with Gasteiger partial charge in [0.05, 0.1) is 11.7 Å². The highest BCUT2D eigenvalue weighted by Gasteiger charge is 2.10. The van der Waals surface area contributed by atoms with Crippen LogP contribution in [-0.2, 0) is 6.54 Å². The van der Waals surface area contributed by atoms with Crippen molar-refractivity contribution in [3.63, 3.8) is 0 Å². The first-order valence-electron chi connectivity index (χ1n) is 9.39. The lowest BCUT2D eigenvalue weighted by Gasteiger charge is -2.14. The third kappa shape index (κ3) is 6.34. The summed E-state index contributed by atoms with van der Waals surface area (Å²) in [5.41, 5.74) is 2.58. The van der Waals surface area contributed by atoms with E-state index in [1.807, 2.05) is 20.0 Å². The van der Waals surface area contributed by atoms with Gasteiger partial charge in [0.15, 0.2) is 0 Å². The first kappa shape index (κ1) is 19.7. The van der Waals surface area contributed by atoms with E-state index in [0.717, 1.165) is 6.54 Å². The molecule has 1 aromatic carbocycles. The van der Waals surface area contributed by atoms with Crippen LogP contribution in [0.1, 0.15) is 58.9 Å². The molecule has 1 aliphatic rings. The summed E-state index contributed by atoms with van der Waals surface area (Å²) in [5, 5.41) is 5.75. The van der Waals surface area contributed by atoms with Crippen molar-refractivity contribution < 1.29 is 0 Å². The molecule has 0 radical (unpaired) electrons. The maximum atomic E-state index is 4.50. The van der Waals surface area contributed by atoms with Crippen molar-refractivity contribution in [2.24, 2.45) is 0 Å². The fraction of sp³-hybridized carbons (Fsp3) is 0.650. The Morgan fingerprint density at radius 1 is 1.04 bits per heavy atom. The summed E-state index contributed by atoms with van der Waals surface area (Å²) in [6.45, 7) is 15.2. The summed E-state index contributed by atoms with van der Waals surface area (Å²) in [6.07, 6.45) is 7.18. The number of hydrogen-bond donors (Lipinski definition) is 0. The van der Waals surface area contributed by atoms with Gasteiger partial charge in [-0.3, -0.25) is 4.68 Å². The molecule has 1 aliphatic heterocycles. The van der Waals surface area contributed by atoms with Crippen LogP contribution in [0.5, 0.6) is 0 Å². The van der Waals surface area contributed by atoms with Crippen LogP contribution in [0.3, 0.4) is 0 Å². The van der Waals surface area contributed by atoms with Crippen molar-refractivity contribution in [3.05, 3.63) is 30.0 Å². The number of aromatic nitrogens is 2. The minimum Gasteiger partial charge on any atom is -0.303 e. The number of likely N-dealkylation sites (tertiary alicyclic amines) is 1. The number of fused-ring (bicyclic) bond motifs is 1. The van der Waals surface area contributed by atoms with Gasteiger partial charge in [-0.05, 0) is 57.5 Å². The molecule has 2 aromatic rings. The van der Waals surface area contributed by atoms with Crippen LogP contribution < -0.4 is 0 Å². The van der Waals surface area contributed by atoms with E-state index < -0.39 is 0 Å². The standard InChI is InChI=1S/C15H21N3.C3H8.C2H6/c1-13-5-6-14-12-16-18(15(14)11-13)10-4-9-17-7-2-3-8-17;1-3-2;1-2/h5-6,11-12H,2-4,7-10H2,1H3;3H2,1-2H3;1-2H3. The van der Waals surface area contributed by atoms with Gasteiger partial charge in [-0.25, -0.2) is 0 Å². The largest absolute Gasteiger partial charge is 0.303 e. The van der Waals surface area contributed by atoms with Gasteiger partial charge < -0.3 is 4.90 Å². The van der Waals surface area contributed by atoms with Crippen LogP contribution in [0.2, 0.25) is 0 Å². The Bertz CT molecular complexity index is 539. The maximum Gasteiger partial charge on any atom is 0.0685 e. The second-order valence-electron chi connectivity index (χ2n) is 6.04. The van der Waals surface area contributed by atoms with E-state index in [2.05, 4.69) is 53.7 Å². The zero-order valence-electron chi connectivity index (χ0n) is 15.8. The monoisotopic (exact) mass is 317 g/mol. The van der Waals surface area contributed by atoms with Gasteiger partial charge in [0.2, 0.25) is 0 Å². The van der Waals surface area contributed by atoms with Crippen LogP contribution in [0.25, 0.3) is 10.9 Å². The molecule has 0 spiro atoms. The van der Waals surface area contributed by atoms with E-state index >= 15 is 0 Å². The van der Waals surface area contributed by atoms with Gasteiger partial charge in [-0.1, -0.05) is 46.2 Å². The van der Waals surface area contributed by atoms with Gasteiger partial charge in [-0.15, -0.1) is 0 Å². The summed E-state index contributed by atoms with van der Waals surface area (Å²) < 4.78 is 2.15. The van der Waals surface area contributed by atoms with Gasteiger partial charge in [0.1, 0.15) is 0 Å². The topological polar surface area (TPSA) is 21.1 Å². The highest BCUT2D eigenvalue weighted by Crippen LogP contribution is 2.16. The molecule has 3 nitrogen and oxygen atoms in total. The highest BCUT2D eigenvalue weighted by atomic mass is 15.3. The van der Waals surface area contributed by atoms with Crippen molar-refractivity contribution >= 4 is 10.9 Å². The van der Waals surface area contributed by atoms with Crippen LogP contribution >= 0.6 is 0 Å². The third-order valence-corrected chi connectivity index (χ3v) is 3.84. The fourth-order valence-corrected chi connectivity index (χ4v) is 2.81. The summed E-state index contributed by atoms with van der Waals surface area (Å²) in [6, 6.07) is 6.55. The third-order valence-electron chi connectivity index (χ3n) is 3.84. The van der Waals surface area contributed by atoms with E-state index in [1.165, 1.54) is 61.8 Å². The van der Waals surface area contributed by atoms with Crippen LogP contribution in [0.4, 0.5) is 0 Å².